The van der Waals surface area contributed by atoms with E-state index in [1.165, 1.54) is 0 Å². The maximum atomic E-state index is 12.0. The number of aromatic hydroxyl groups is 3. The number of hydrogen-bond acceptors (Lipinski definition) is 5. The van der Waals surface area contributed by atoms with E-state index in [1.54, 1.807) is 0 Å². The van der Waals surface area contributed by atoms with Gasteiger partial charge in [0.15, 0.2) is 5.75 Å². The number of pyridine rings is 1. The summed E-state index contributed by atoms with van der Waals surface area (Å²) in [7, 11) is 0. The highest BCUT2D eigenvalue weighted by Gasteiger charge is 2.22. The predicted molar refractivity (Wildman–Crippen MR) is 42.6 cm³/mol. The summed E-state index contributed by atoms with van der Waals surface area (Å²) in [6.07, 6.45) is -4.07. The van der Waals surface area contributed by atoms with E-state index >= 15 is 0 Å². The Morgan fingerprint density at radius 2 is 1.73 bits per heavy atom. The van der Waals surface area contributed by atoms with E-state index in [0.29, 0.717) is 0 Å². The fourth-order valence-corrected chi connectivity index (χ4v) is 1.00. The zero-order chi connectivity index (χ0) is 11.7. The molecule has 0 aliphatic carbocycles. The molecule has 0 aliphatic heterocycles. The summed E-state index contributed by atoms with van der Waals surface area (Å²) < 4.78 is 23.7. The van der Waals surface area contributed by atoms with Gasteiger partial charge in [-0.25, -0.2) is 8.78 Å². The first-order valence-corrected chi connectivity index (χ1v) is 3.72. The van der Waals surface area contributed by atoms with Gasteiger partial charge in [0, 0.05) is 0 Å². The van der Waals surface area contributed by atoms with Crippen molar-refractivity contribution in [1.29, 1.82) is 0 Å². The van der Waals surface area contributed by atoms with Gasteiger partial charge in [0.05, 0.1) is 6.42 Å². The molecule has 0 unspecified atom stereocenters. The minimum absolute atomic E-state index is 0.266. The largest absolute Gasteiger partial charge is 0.503 e. The van der Waals surface area contributed by atoms with Crippen LogP contribution < -0.4 is 5.43 Å². The van der Waals surface area contributed by atoms with Crippen molar-refractivity contribution in [1.82, 2.24) is 4.73 Å². The standard InChI is InChI=1S/C7H7F2NO5/c8-3(9)1-2-4(11)5(12)6(13)7(14)10(2)15/h3,11,13-15H,1H2. The Morgan fingerprint density at radius 3 is 2.20 bits per heavy atom. The highest BCUT2D eigenvalue weighted by atomic mass is 19.3. The second-order valence-electron chi connectivity index (χ2n) is 2.70. The third-order valence-electron chi connectivity index (χ3n) is 1.72. The van der Waals surface area contributed by atoms with Crippen LogP contribution in [0.25, 0.3) is 0 Å². The fourth-order valence-electron chi connectivity index (χ4n) is 1.00. The van der Waals surface area contributed by atoms with Crippen molar-refractivity contribution in [2.45, 2.75) is 12.8 Å². The van der Waals surface area contributed by atoms with Gasteiger partial charge >= 0.3 is 0 Å². The second-order valence-corrected chi connectivity index (χ2v) is 2.70. The van der Waals surface area contributed by atoms with Crippen LogP contribution in [0.15, 0.2) is 4.79 Å². The van der Waals surface area contributed by atoms with Crippen molar-refractivity contribution in [2.75, 3.05) is 0 Å². The molecule has 1 heterocycles. The summed E-state index contributed by atoms with van der Waals surface area (Å²) in [4.78, 5) is 10.9. The average molecular weight is 223 g/mol. The number of aromatic nitrogens is 1. The number of hydrogen-bond donors (Lipinski definition) is 4. The van der Waals surface area contributed by atoms with Gasteiger partial charge in [0.25, 0.3) is 11.3 Å². The van der Waals surface area contributed by atoms with Crippen molar-refractivity contribution in [3.63, 3.8) is 0 Å². The third-order valence-corrected chi connectivity index (χ3v) is 1.72. The lowest BCUT2D eigenvalue weighted by atomic mass is 10.2. The van der Waals surface area contributed by atoms with Crippen LogP contribution in [0.5, 0.6) is 17.4 Å². The lowest BCUT2D eigenvalue weighted by Gasteiger charge is -2.10. The topological polar surface area (TPSA) is 103 Å². The van der Waals surface area contributed by atoms with Crippen LogP contribution in [0, 0.1) is 0 Å². The highest BCUT2D eigenvalue weighted by molar-refractivity contribution is 5.42. The predicted octanol–water partition coefficient (Wildman–Crippen LogP) is 0.01000. The molecule has 84 valence electrons. The fraction of sp³-hybridized carbons (Fsp3) is 0.286. The lowest BCUT2D eigenvalue weighted by molar-refractivity contribution is 0.106. The van der Waals surface area contributed by atoms with E-state index in [-0.39, 0.29) is 4.73 Å². The van der Waals surface area contributed by atoms with Crippen LogP contribution in [-0.4, -0.2) is 31.7 Å². The van der Waals surface area contributed by atoms with E-state index in [0.717, 1.165) is 0 Å². The minimum Gasteiger partial charge on any atom is -0.503 e. The Bertz CT molecular complexity index is 442. The van der Waals surface area contributed by atoms with Crippen molar-refractivity contribution in [3.8, 4) is 17.4 Å². The van der Waals surface area contributed by atoms with Crippen LogP contribution in [0.2, 0.25) is 0 Å². The summed E-state index contributed by atoms with van der Waals surface area (Å²) >= 11 is 0. The Kier molecular flexibility index (Phi) is 2.69. The molecular weight excluding hydrogens is 216 g/mol. The maximum absolute atomic E-state index is 12.0. The van der Waals surface area contributed by atoms with Crippen LogP contribution in [-0.2, 0) is 6.42 Å². The molecule has 1 aromatic rings. The van der Waals surface area contributed by atoms with Crippen LogP contribution >= 0.6 is 0 Å². The summed E-state index contributed by atoms with van der Waals surface area (Å²) in [5.41, 5.74) is -2.29. The SMILES string of the molecule is O=c1c(O)c(O)n(O)c(CC(F)F)c1O. The van der Waals surface area contributed by atoms with Crippen molar-refractivity contribution < 1.29 is 29.3 Å². The Morgan fingerprint density at radius 1 is 1.20 bits per heavy atom. The second kappa shape index (κ2) is 3.64. The number of nitrogens with zero attached hydrogens (tertiary/aromatic N) is 1. The molecule has 0 aliphatic rings. The van der Waals surface area contributed by atoms with E-state index in [1.807, 2.05) is 0 Å². The molecule has 0 atom stereocenters. The maximum Gasteiger partial charge on any atom is 0.272 e. The molecule has 1 rings (SSSR count). The lowest BCUT2D eigenvalue weighted by Crippen LogP contribution is -2.15. The molecule has 8 heteroatoms. The van der Waals surface area contributed by atoms with Gasteiger partial charge < -0.3 is 20.5 Å². The molecule has 0 bridgehead atoms. The normalized spacial score (nSPS) is 10.9. The first kappa shape index (κ1) is 11.1. The summed E-state index contributed by atoms with van der Waals surface area (Å²) in [5, 5.41) is 35.8. The summed E-state index contributed by atoms with van der Waals surface area (Å²) in [5.74, 6) is -3.84. The smallest absolute Gasteiger partial charge is 0.272 e. The quantitative estimate of drug-likeness (QED) is 0.529. The number of alkyl halides is 2. The van der Waals surface area contributed by atoms with Crippen LogP contribution in [0.3, 0.4) is 0 Å². The molecule has 4 N–H and O–H groups in total. The molecule has 0 radical (unpaired) electrons. The molecule has 0 fully saturated rings. The van der Waals surface area contributed by atoms with Gasteiger partial charge in [-0.1, -0.05) is 0 Å². The van der Waals surface area contributed by atoms with E-state index < -0.39 is 41.3 Å². The summed E-state index contributed by atoms with van der Waals surface area (Å²) in [6, 6.07) is 0. The van der Waals surface area contributed by atoms with Crippen LogP contribution in [0.1, 0.15) is 5.69 Å². The Balaban J connectivity index is 3.46. The van der Waals surface area contributed by atoms with Crippen molar-refractivity contribution >= 4 is 0 Å². The van der Waals surface area contributed by atoms with Gasteiger partial charge in [-0.05, 0) is 0 Å². The third kappa shape index (κ3) is 1.78. The van der Waals surface area contributed by atoms with E-state index in [9.17, 15) is 13.6 Å². The number of halogens is 2. The first-order valence-electron chi connectivity index (χ1n) is 3.72. The molecule has 0 saturated heterocycles. The Labute approximate surface area is 81.2 Å². The van der Waals surface area contributed by atoms with Crippen molar-refractivity contribution in [3.05, 3.63) is 15.9 Å². The van der Waals surface area contributed by atoms with Gasteiger partial charge in [0.1, 0.15) is 5.69 Å². The molecule has 6 nitrogen and oxygen atoms in total. The van der Waals surface area contributed by atoms with Gasteiger partial charge in [0.2, 0.25) is 12.2 Å². The summed E-state index contributed by atoms with van der Waals surface area (Å²) in [6.45, 7) is 0. The van der Waals surface area contributed by atoms with Gasteiger partial charge in [-0.3, -0.25) is 4.79 Å². The van der Waals surface area contributed by atoms with E-state index in [4.69, 9.17) is 20.5 Å². The Hall–Kier alpha value is -1.99. The monoisotopic (exact) mass is 223 g/mol. The zero-order valence-electron chi connectivity index (χ0n) is 7.18. The van der Waals surface area contributed by atoms with E-state index in [2.05, 4.69) is 0 Å². The molecule has 0 amide bonds. The molecular formula is C7H7F2NO5. The number of rotatable bonds is 2. The molecule has 0 spiro atoms. The first-order chi connectivity index (χ1) is 6.86. The van der Waals surface area contributed by atoms with Gasteiger partial charge in [-0.15, -0.1) is 4.73 Å². The molecule has 0 aromatic carbocycles. The average Bonchev–Trinajstić information content (AvgIpc) is 2.18. The van der Waals surface area contributed by atoms with Crippen molar-refractivity contribution in [2.24, 2.45) is 0 Å². The minimum atomic E-state index is -2.93. The molecule has 15 heavy (non-hydrogen) atoms. The highest BCUT2D eigenvalue weighted by Crippen LogP contribution is 2.26. The van der Waals surface area contributed by atoms with Crippen LogP contribution in [0.4, 0.5) is 8.78 Å². The zero-order valence-corrected chi connectivity index (χ0v) is 7.18. The van der Waals surface area contributed by atoms with Gasteiger partial charge in [-0.2, -0.15) is 0 Å². The molecule has 1 aromatic heterocycles. The molecule has 0 saturated carbocycles.